The molecule has 46 heavy (non-hydrogen) atoms. The van der Waals surface area contributed by atoms with Crippen molar-refractivity contribution in [3.63, 3.8) is 0 Å². The van der Waals surface area contributed by atoms with Crippen LogP contribution in [0.15, 0.2) is 158 Å². The standard InChI is InChI=1S/C46H26/c1-3-7-37-27(5-1)9-11-29-13-15-31-17-19-35-23-39-33(25-41(35)45(31)43(29)37)21-22-34-26-42-36(24-40(34)39)20-18-32-16-14-30-12-10-28-6-2-4-8-38(28)44(30)46(32)42/h1-26H. The first-order valence-corrected chi connectivity index (χ1v) is 16.1. The second-order valence-electron chi connectivity index (χ2n) is 12.9. The molecule has 0 nitrogen and oxygen atoms in total. The van der Waals surface area contributed by atoms with E-state index in [1.54, 1.807) is 0 Å². The van der Waals surface area contributed by atoms with Crippen molar-refractivity contribution in [1.82, 2.24) is 0 Å². The number of hydrogen-bond acceptors (Lipinski definition) is 0. The molecule has 0 aliphatic carbocycles. The molecule has 0 spiro atoms. The van der Waals surface area contributed by atoms with Crippen molar-refractivity contribution in [1.29, 1.82) is 0 Å². The van der Waals surface area contributed by atoms with E-state index in [1.165, 1.54) is 108 Å². The highest BCUT2D eigenvalue weighted by molar-refractivity contribution is 6.31. The SMILES string of the molecule is c1ccc2c(c1)ccc1ccc3ccc4cc5c(ccc6cc7c(ccc8ccc9ccc%10ccccc%10c9c87)cc65)cc4c3c12. The van der Waals surface area contributed by atoms with Crippen LogP contribution in [-0.4, -0.2) is 0 Å². The number of rotatable bonds is 0. The Bertz CT molecular complexity index is 2900. The van der Waals surface area contributed by atoms with Crippen LogP contribution < -0.4 is 0 Å². The van der Waals surface area contributed by atoms with Gasteiger partial charge in [-0.1, -0.05) is 133 Å². The molecule has 0 fully saturated rings. The maximum Gasteiger partial charge on any atom is -0.00203 e. The predicted octanol–water partition coefficient (Wildman–Crippen LogP) is 13.2. The molecule has 0 bridgehead atoms. The molecule has 0 radical (unpaired) electrons. The van der Waals surface area contributed by atoms with Gasteiger partial charge in [-0.05, 0) is 132 Å². The average Bonchev–Trinajstić information content (AvgIpc) is 3.12. The summed E-state index contributed by atoms with van der Waals surface area (Å²) in [6.07, 6.45) is 0. The van der Waals surface area contributed by atoms with Crippen molar-refractivity contribution in [2.45, 2.75) is 0 Å². The zero-order valence-corrected chi connectivity index (χ0v) is 25.0. The van der Waals surface area contributed by atoms with Crippen LogP contribution in [-0.2, 0) is 0 Å². The first-order valence-electron chi connectivity index (χ1n) is 16.1. The van der Waals surface area contributed by atoms with E-state index in [4.69, 9.17) is 0 Å². The largest absolute Gasteiger partial charge is 0.0616 e. The van der Waals surface area contributed by atoms with Gasteiger partial charge in [-0.15, -0.1) is 0 Å². The summed E-state index contributed by atoms with van der Waals surface area (Å²) in [7, 11) is 0. The van der Waals surface area contributed by atoms with Crippen molar-refractivity contribution in [3.8, 4) is 0 Å². The van der Waals surface area contributed by atoms with E-state index in [2.05, 4.69) is 158 Å². The van der Waals surface area contributed by atoms with E-state index in [-0.39, 0.29) is 0 Å². The van der Waals surface area contributed by atoms with Gasteiger partial charge in [0.1, 0.15) is 0 Å². The van der Waals surface area contributed by atoms with Gasteiger partial charge in [0.25, 0.3) is 0 Å². The number of benzene rings is 11. The number of fused-ring (bicyclic) bond motifs is 17. The van der Waals surface area contributed by atoms with Crippen LogP contribution in [0.5, 0.6) is 0 Å². The van der Waals surface area contributed by atoms with E-state index in [0.29, 0.717) is 0 Å². The smallest absolute Gasteiger partial charge is 0.00203 e. The molecule has 11 rings (SSSR count). The van der Waals surface area contributed by atoms with E-state index < -0.39 is 0 Å². The van der Waals surface area contributed by atoms with Gasteiger partial charge in [-0.3, -0.25) is 0 Å². The Balaban J connectivity index is 1.25. The van der Waals surface area contributed by atoms with Crippen molar-refractivity contribution in [2.24, 2.45) is 0 Å². The lowest BCUT2D eigenvalue weighted by molar-refractivity contribution is 1.79. The third-order valence-electron chi connectivity index (χ3n) is 10.5. The van der Waals surface area contributed by atoms with Crippen LogP contribution in [0, 0.1) is 0 Å². The lowest BCUT2D eigenvalue weighted by atomic mass is 9.89. The molecule has 0 saturated carbocycles. The highest BCUT2D eigenvalue weighted by atomic mass is 14.2. The van der Waals surface area contributed by atoms with Gasteiger partial charge in [-0.2, -0.15) is 0 Å². The Labute approximate surface area is 264 Å². The Morgan fingerprint density at radius 2 is 0.435 bits per heavy atom. The molecule has 0 aliphatic heterocycles. The van der Waals surface area contributed by atoms with E-state index >= 15 is 0 Å². The highest BCUT2D eigenvalue weighted by Crippen LogP contribution is 2.41. The van der Waals surface area contributed by atoms with Gasteiger partial charge in [0.05, 0.1) is 0 Å². The predicted molar refractivity (Wildman–Crippen MR) is 202 cm³/mol. The van der Waals surface area contributed by atoms with E-state index in [9.17, 15) is 0 Å². The Hall–Kier alpha value is -5.98. The van der Waals surface area contributed by atoms with Crippen LogP contribution in [0.1, 0.15) is 0 Å². The Kier molecular flexibility index (Phi) is 4.66. The summed E-state index contributed by atoms with van der Waals surface area (Å²) >= 11 is 0. The Morgan fingerprint density at radius 3 is 0.826 bits per heavy atom. The topological polar surface area (TPSA) is 0 Å². The van der Waals surface area contributed by atoms with E-state index in [1.807, 2.05) is 0 Å². The van der Waals surface area contributed by atoms with Crippen LogP contribution >= 0.6 is 0 Å². The molecule has 11 aromatic rings. The molecule has 0 saturated heterocycles. The monoisotopic (exact) mass is 578 g/mol. The molecule has 0 unspecified atom stereocenters. The minimum atomic E-state index is 1.28. The summed E-state index contributed by atoms with van der Waals surface area (Å²) in [5, 5.41) is 26.1. The summed E-state index contributed by atoms with van der Waals surface area (Å²) in [4.78, 5) is 0. The summed E-state index contributed by atoms with van der Waals surface area (Å²) in [5.74, 6) is 0. The fourth-order valence-electron chi connectivity index (χ4n) is 8.34. The molecule has 11 aromatic carbocycles. The molecule has 0 atom stereocenters. The molecule has 0 aliphatic rings. The van der Waals surface area contributed by atoms with Crippen LogP contribution in [0.2, 0.25) is 0 Å². The Morgan fingerprint density at radius 1 is 0.174 bits per heavy atom. The maximum atomic E-state index is 2.43. The quantitative estimate of drug-likeness (QED) is 0.124. The zero-order chi connectivity index (χ0) is 29.9. The minimum Gasteiger partial charge on any atom is -0.0616 e. The average molecular weight is 579 g/mol. The molecule has 0 N–H and O–H groups in total. The van der Waals surface area contributed by atoms with E-state index in [0.717, 1.165) is 0 Å². The second-order valence-corrected chi connectivity index (χ2v) is 12.9. The van der Waals surface area contributed by atoms with Gasteiger partial charge < -0.3 is 0 Å². The summed E-state index contributed by atoms with van der Waals surface area (Å²) in [5.41, 5.74) is 0. The number of hydrogen-bond donors (Lipinski definition) is 0. The first-order chi connectivity index (χ1) is 22.8. The van der Waals surface area contributed by atoms with Crippen LogP contribution in [0.25, 0.3) is 108 Å². The lowest BCUT2D eigenvalue weighted by Gasteiger charge is -2.14. The summed E-state index contributed by atoms with van der Waals surface area (Å²) < 4.78 is 0. The van der Waals surface area contributed by atoms with Crippen LogP contribution in [0.3, 0.4) is 0 Å². The first kappa shape index (κ1) is 24.4. The molecule has 0 aromatic heterocycles. The molecule has 0 amide bonds. The van der Waals surface area contributed by atoms with Gasteiger partial charge in [0, 0.05) is 0 Å². The second kappa shape index (κ2) is 8.81. The molecule has 210 valence electrons. The van der Waals surface area contributed by atoms with Crippen molar-refractivity contribution < 1.29 is 0 Å². The molecule has 0 heteroatoms. The van der Waals surface area contributed by atoms with Gasteiger partial charge in [-0.25, -0.2) is 0 Å². The fraction of sp³-hybridized carbons (Fsp3) is 0. The molecular formula is C46H26. The summed E-state index contributed by atoms with van der Waals surface area (Å²) in [6, 6.07) is 59.2. The zero-order valence-electron chi connectivity index (χ0n) is 25.0. The maximum absolute atomic E-state index is 2.43. The molecular weight excluding hydrogens is 553 g/mol. The van der Waals surface area contributed by atoms with Gasteiger partial charge >= 0.3 is 0 Å². The lowest BCUT2D eigenvalue weighted by Crippen LogP contribution is -1.86. The molecule has 0 heterocycles. The third kappa shape index (κ3) is 3.23. The highest BCUT2D eigenvalue weighted by Gasteiger charge is 2.13. The van der Waals surface area contributed by atoms with Crippen molar-refractivity contribution in [2.75, 3.05) is 0 Å². The van der Waals surface area contributed by atoms with Crippen LogP contribution in [0.4, 0.5) is 0 Å². The van der Waals surface area contributed by atoms with Crippen molar-refractivity contribution >= 4 is 108 Å². The fourth-order valence-corrected chi connectivity index (χ4v) is 8.34. The van der Waals surface area contributed by atoms with Crippen molar-refractivity contribution in [3.05, 3.63) is 158 Å². The minimum absolute atomic E-state index is 1.28. The van der Waals surface area contributed by atoms with Gasteiger partial charge in [0.15, 0.2) is 0 Å². The third-order valence-corrected chi connectivity index (χ3v) is 10.5. The summed E-state index contributed by atoms with van der Waals surface area (Å²) in [6.45, 7) is 0. The van der Waals surface area contributed by atoms with Gasteiger partial charge in [0.2, 0.25) is 0 Å². The normalized spacial score (nSPS) is 12.3.